The van der Waals surface area contributed by atoms with E-state index in [1.807, 2.05) is 0 Å². The van der Waals surface area contributed by atoms with Crippen LogP contribution in [0.4, 0.5) is 8.78 Å². The number of nitrogens with zero attached hydrogens (tertiary/aromatic N) is 4. The van der Waals surface area contributed by atoms with E-state index in [2.05, 4.69) is 15.1 Å². The average Bonchev–Trinajstić information content (AvgIpc) is 3.22. The number of primary amides is 1. The van der Waals surface area contributed by atoms with Crippen molar-refractivity contribution in [1.82, 2.24) is 19.5 Å². The van der Waals surface area contributed by atoms with Crippen molar-refractivity contribution in [2.24, 2.45) is 5.73 Å². The maximum absolute atomic E-state index is 13.7. The Balaban J connectivity index is 1.86. The summed E-state index contributed by atoms with van der Waals surface area (Å²) >= 11 is 0. The number of fused-ring (bicyclic) bond motifs is 1. The molecule has 9 heteroatoms. The zero-order valence-corrected chi connectivity index (χ0v) is 13.2. The molecule has 130 valence electrons. The largest absolute Gasteiger partial charge is 0.361 e. The number of amides is 1. The van der Waals surface area contributed by atoms with Crippen LogP contribution in [0.5, 0.6) is 0 Å². The van der Waals surface area contributed by atoms with Crippen LogP contribution >= 0.6 is 0 Å². The molecule has 1 aromatic carbocycles. The smallest absolute Gasteiger partial charge is 0.315 e. The summed E-state index contributed by atoms with van der Waals surface area (Å²) < 4.78 is 33.3. The molecule has 3 heterocycles. The molecule has 0 spiro atoms. The third-order valence-electron chi connectivity index (χ3n) is 3.80. The molecule has 7 nitrogen and oxygen atoms in total. The lowest BCUT2D eigenvalue weighted by molar-refractivity contribution is 0.0958. The highest BCUT2D eigenvalue weighted by atomic mass is 19.1. The van der Waals surface area contributed by atoms with E-state index in [4.69, 9.17) is 10.3 Å². The molecular weight excluding hydrogens is 344 g/mol. The monoisotopic (exact) mass is 355 g/mol. The SMILES string of the molecule is NC(=O)c1nc(Cc2c(-c3ccc(F)cc3)nc3ccc(F)cn23)no1. The van der Waals surface area contributed by atoms with Gasteiger partial charge in [0.1, 0.15) is 17.3 Å². The lowest BCUT2D eigenvalue weighted by atomic mass is 10.1. The number of pyridine rings is 1. The third-order valence-corrected chi connectivity index (χ3v) is 3.80. The fraction of sp³-hybridized carbons (Fsp3) is 0.0588. The molecule has 0 aliphatic rings. The molecular formula is C17H11F2N5O2. The van der Waals surface area contributed by atoms with Crippen LogP contribution in [-0.2, 0) is 6.42 Å². The summed E-state index contributed by atoms with van der Waals surface area (Å²) in [6.07, 6.45) is 1.38. The standard InChI is InChI=1S/C17H11F2N5O2/c18-10-3-1-9(2-4-10)15-12(7-13-21-17(16(20)25)26-23-13)24-8-11(19)5-6-14(24)22-15/h1-6,8H,7H2,(H2,20,25). The summed E-state index contributed by atoms with van der Waals surface area (Å²) in [4.78, 5) is 19.5. The first kappa shape index (κ1) is 15.9. The van der Waals surface area contributed by atoms with E-state index in [1.165, 1.54) is 30.5 Å². The molecule has 0 atom stereocenters. The van der Waals surface area contributed by atoms with E-state index in [-0.39, 0.29) is 24.0 Å². The summed E-state index contributed by atoms with van der Waals surface area (Å²) in [5.41, 5.74) is 7.32. The molecule has 0 fully saturated rings. The van der Waals surface area contributed by atoms with Crippen LogP contribution in [0.15, 0.2) is 47.1 Å². The zero-order chi connectivity index (χ0) is 18.3. The zero-order valence-electron chi connectivity index (χ0n) is 13.2. The van der Waals surface area contributed by atoms with Crippen molar-refractivity contribution in [3.8, 4) is 11.3 Å². The molecule has 1 amide bonds. The summed E-state index contributed by atoms with van der Waals surface area (Å²) in [6.45, 7) is 0. The first-order valence-corrected chi connectivity index (χ1v) is 7.56. The number of carbonyl (C=O) groups is 1. The topological polar surface area (TPSA) is 99.3 Å². The van der Waals surface area contributed by atoms with Gasteiger partial charge in [-0.2, -0.15) is 4.98 Å². The number of benzene rings is 1. The number of rotatable bonds is 4. The van der Waals surface area contributed by atoms with Gasteiger partial charge in [0.25, 0.3) is 0 Å². The molecule has 0 aliphatic carbocycles. The molecule has 4 rings (SSSR count). The van der Waals surface area contributed by atoms with Gasteiger partial charge in [-0.15, -0.1) is 0 Å². The fourth-order valence-electron chi connectivity index (χ4n) is 2.65. The molecule has 0 radical (unpaired) electrons. The van der Waals surface area contributed by atoms with Crippen LogP contribution in [0.3, 0.4) is 0 Å². The Morgan fingerprint density at radius 1 is 1.08 bits per heavy atom. The van der Waals surface area contributed by atoms with Crippen LogP contribution in [0.25, 0.3) is 16.9 Å². The second kappa shape index (κ2) is 6.03. The van der Waals surface area contributed by atoms with E-state index >= 15 is 0 Å². The first-order chi connectivity index (χ1) is 12.5. The van der Waals surface area contributed by atoms with Crippen LogP contribution in [0.1, 0.15) is 22.2 Å². The van der Waals surface area contributed by atoms with Crippen LogP contribution in [0.2, 0.25) is 0 Å². The highest BCUT2D eigenvalue weighted by molar-refractivity contribution is 5.87. The van der Waals surface area contributed by atoms with Crippen LogP contribution in [-0.4, -0.2) is 25.4 Å². The Kier molecular flexibility index (Phi) is 3.68. The number of halogens is 2. The molecule has 0 saturated heterocycles. The minimum Gasteiger partial charge on any atom is -0.361 e. The maximum Gasteiger partial charge on any atom is 0.315 e. The van der Waals surface area contributed by atoms with Crippen molar-refractivity contribution in [3.05, 3.63) is 71.6 Å². The number of hydrogen-bond donors (Lipinski definition) is 1. The van der Waals surface area contributed by atoms with E-state index in [0.717, 1.165) is 0 Å². The number of carbonyl (C=O) groups excluding carboxylic acids is 1. The molecule has 0 bridgehead atoms. The van der Waals surface area contributed by atoms with Crippen molar-refractivity contribution in [3.63, 3.8) is 0 Å². The lowest BCUT2D eigenvalue weighted by Gasteiger charge is -2.03. The van der Waals surface area contributed by atoms with Gasteiger partial charge in [-0.1, -0.05) is 5.16 Å². The summed E-state index contributed by atoms with van der Waals surface area (Å²) in [7, 11) is 0. The third kappa shape index (κ3) is 2.79. The van der Waals surface area contributed by atoms with E-state index in [0.29, 0.717) is 22.6 Å². The van der Waals surface area contributed by atoms with Gasteiger partial charge in [0.2, 0.25) is 0 Å². The Morgan fingerprint density at radius 3 is 2.50 bits per heavy atom. The van der Waals surface area contributed by atoms with Gasteiger partial charge in [0.15, 0.2) is 5.82 Å². The quantitative estimate of drug-likeness (QED) is 0.606. The van der Waals surface area contributed by atoms with Gasteiger partial charge < -0.3 is 14.7 Å². The van der Waals surface area contributed by atoms with Crippen molar-refractivity contribution in [1.29, 1.82) is 0 Å². The van der Waals surface area contributed by atoms with E-state index < -0.39 is 11.7 Å². The summed E-state index contributed by atoms with van der Waals surface area (Å²) in [5, 5.41) is 3.71. The Hall–Kier alpha value is -3.62. The summed E-state index contributed by atoms with van der Waals surface area (Å²) in [6, 6.07) is 8.58. The predicted molar refractivity (Wildman–Crippen MR) is 86.2 cm³/mol. The molecule has 3 aromatic heterocycles. The minimum atomic E-state index is -0.841. The first-order valence-electron chi connectivity index (χ1n) is 7.56. The van der Waals surface area contributed by atoms with Crippen molar-refractivity contribution in [2.45, 2.75) is 6.42 Å². The number of imidazole rings is 1. The molecule has 0 saturated carbocycles. The Labute approximate surface area is 145 Å². The number of nitrogens with two attached hydrogens (primary N) is 1. The fourth-order valence-corrected chi connectivity index (χ4v) is 2.65. The van der Waals surface area contributed by atoms with Gasteiger partial charge in [-0.3, -0.25) is 4.79 Å². The Bertz CT molecular complexity index is 1120. The van der Waals surface area contributed by atoms with Crippen molar-refractivity contribution >= 4 is 11.6 Å². The van der Waals surface area contributed by atoms with Gasteiger partial charge >= 0.3 is 11.8 Å². The minimum absolute atomic E-state index is 0.105. The maximum atomic E-state index is 13.7. The van der Waals surface area contributed by atoms with E-state index in [1.54, 1.807) is 16.5 Å². The Morgan fingerprint density at radius 2 is 1.81 bits per heavy atom. The second-order valence-corrected chi connectivity index (χ2v) is 5.55. The number of aromatic nitrogens is 4. The molecule has 0 aliphatic heterocycles. The van der Waals surface area contributed by atoms with Gasteiger partial charge in [-0.25, -0.2) is 13.8 Å². The number of hydrogen-bond acceptors (Lipinski definition) is 5. The van der Waals surface area contributed by atoms with Gasteiger partial charge in [0.05, 0.1) is 17.8 Å². The molecule has 0 unspecified atom stereocenters. The average molecular weight is 355 g/mol. The van der Waals surface area contributed by atoms with Crippen molar-refractivity contribution in [2.75, 3.05) is 0 Å². The van der Waals surface area contributed by atoms with Gasteiger partial charge in [-0.05, 0) is 36.4 Å². The van der Waals surface area contributed by atoms with Crippen LogP contribution < -0.4 is 5.73 Å². The second-order valence-electron chi connectivity index (χ2n) is 5.55. The molecule has 26 heavy (non-hydrogen) atoms. The highest BCUT2D eigenvalue weighted by Gasteiger charge is 2.19. The predicted octanol–water partition coefficient (Wildman–Crippen LogP) is 2.35. The van der Waals surface area contributed by atoms with Crippen LogP contribution in [0, 0.1) is 11.6 Å². The van der Waals surface area contributed by atoms with Crippen molar-refractivity contribution < 1.29 is 18.1 Å². The highest BCUT2D eigenvalue weighted by Crippen LogP contribution is 2.26. The van der Waals surface area contributed by atoms with Gasteiger partial charge in [0, 0.05) is 11.8 Å². The molecule has 4 aromatic rings. The molecule has 2 N–H and O–H groups in total. The summed E-state index contributed by atoms with van der Waals surface area (Å²) in [5.74, 6) is -1.80. The normalized spacial score (nSPS) is 11.2. The lowest BCUT2D eigenvalue weighted by Crippen LogP contribution is -2.11. The van der Waals surface area contributed by atoms with E-state index in [9.17, 15) is 13.6 Å².